The summed E-state index contributed by atoms with van der Waals surface area (Å²) in [7, 11) is -6.96. The lowest BCUT2D eigenvalue weighted by Gasteiger charge is -2.48. The molecule has 1 aliphatic heterocycles. The summed E-state index contributed by atoms with van der Waals surface area (Å²) < 4.78 is 67.8. The second kappa shape index (κ2) is 22.0. The summed E-state index contributed by atoms with van der Waals surface area (Å²) in [5.41, 5.74) is 3.25. The molecule has 1 heterocycles. The summed E-state index contributed by atoms with van der Waals surface area (Å²) >= 11 is 0. The number of esters is 1. The van der Waals surface area contributed by atoms with Crippen molar-refractivity contribution in [3.05, 3.63) is 144 Å². The fourth-order valence-corrected chi connectivity index (χ4v) is 14.5. The van der Waals surface area contributed by atoms with E-state index in [2.05, 4.69) is 41.5 Å². The lowest BCUT2D eigenvalue weighted by atomic mass is 9.95. The Balaban J connectivity index is 1.61. The van der Waals surface area contributed by atoms with Crippen LogP contribution in [0.3, 0.4) is 0 Å². The number of hydrogen-bond acceptors (Lipinski definition) is 10. The van der Waals surface area contributed by atoms with Crippen molar-refractivity contribution in [2.75, 3.05) is 6.61 Å². The lowest BCUT2D eigenvalue weighted by molar-refractivity contribution is -0.304. The summed E-state index contributed by atoms with van der Waals surface area (Å²) in [6.07, 6.45) is -5.43. The van der Waals surface area contributed by atoms with Crippen LogP contribution >= 0.6 is 7.82 Å². The van der Waals surface area contributed by atoms with Gasteiger partial charge >= 0.3 is 13.8 Å². The molecule has 0 aromatic heterocycles. The highest BCUT2D eigenvalue weighted by molar-refractivity contribution is 7.48. The molecular formula is C48H65O10PSi. The number of phosphoric acid groups is 1. The van der Waals surface area contributed by atoms with E-state index in [9.17, 15) is 4.79 Å². The molecule has 5 rings (SSSR count). The third-order valence-corrected chi connectivity index (χ3v) is 18.4. The molecule has 1 aliphatic rings. The van der Waals surface area contributed by atoms with Gasteiger partial charge in [0.2, 0.25) is 6.29 Å². The molecular weight excluding hydrogens is 796 g/mol. The topological polar surface area (TPSA) is 108 Å². The predicted molar refractivity (Wildman–Crippen MR) is 236 cm³/mol. The number of rotatable bonds is 21. The maximum absolute atomic E-state index is 15.0. The van der Waals surface area contributed by atoms with Gasteiger partial charge in [-0.2, -0.15) is 0 Å². The van der Waals surface area contributed by atoms with E-state index in [0.29, 0.717) is 0 Å². The molecule has 1 saturated heterocycles. The second-order valence-corrected chi connectivity index (χ2v) is 24.5. The molecule has 0 unspecified atom stereocenters. The first-order chi connectivity index (χ1) is 28.6. The molecule has 0 spiro atoms. The number of phosphoric ester groups is 1. The van der Waals surface area contributed by atoms with Gasteiger partial charge in [-0.1, -0.05) is 163 Å². The summed E-state index contributed by atoms with van der Waals surface area (Å²) in [6.45, 7) is 18.9. The molecule has 0 amide bonds. The Morgan fingerprint density at radius 1 is 0.600 bits per heavy atom. The van der Waals surface area contributed by atoms with E-state index in [4.69, 9.17) is 36.9 Å². The molecule has 10 nitrogen and oxygen atoms in total. The molecule has 326 valence electrons. The zero-order chi connectivity index (χ0) is 43.3. The van der Waals surface area contributed by atoms with Crippen LogP contribution in [0.2, 0.25) is 16.6 Å². The SMILES string of the molecule is CC(C)[Si](OC[C@H]1O[C@@H](OP(=O)(OCc2ccccc2)OCc2ccccc2)[C@H](OC(=O)C(C)(C)C)[C@@H](OCc2ccccc2)[C@@H]1OCc1ccccc1)(C(C)C)C(C)C. The van der Waals surface area contributed by atoms with Crippen molar-refractivity contribution in [2.45, 2.75) is 136 Å². The van der Waals surface area contributed by atoms with Crippen LogP contribution in [-0.2, 0) is 72.7 Å². The van der Waals surface area contributed by atoms with Crippen molar-refractivity contribution in [1.29, 1.82) is 0 Å². The largest absolute Gasteiger partial charge is 0.477 e. The average molecular weight is 861 g/mol. The molecule has 1 fully saturated rings. The lowest BCUT2D eigenvalue weighted by Crippen LogP contribution is -2.63. The Bertz CT molecular complexity index is 1840. The van der Waals surface area contributed by atoms with Crippen LogP contribution in [0, 0.1) is 5.41 Å². The molecule has 0 N–H and O–H groups in total. The number of hydrogen-bond donors (Lipinski definition) is 0. The van der Waals surface area contributed by atoms with Gasteiger partial charge in [0.1, 0.15) is 18.3 Å². The van der Waals surface area contributed by atoms with Crippen molar-refractivity contribution < 1.29 is 46.3 Å². The molecule has 0 saturated carbocycles. The maximum atomic E-state index is 15.0. The highest BCUT2D eigenvalue weighted by Crippen LogP contribution is 2.54. The number of carbonyl (C=O) groups excluding carboxylic acids is 1. The van der Waals surface area contributed by atoms with Crippen molar-refractivity contribution in [1.82, 2.24) is 0 Å². The standard InChI is InChI=1S/C48H65O10PSi/c1-35(2)60(36(3)4,37(5)6)55-34-42-43(51-30-38-22-14-10-15-23-38)44(52-31-39-24-16-11-17-25-39)45(57-47(49)48(7,8)9)46(56-42)58-59(50,53-32-40-26-18-12-19-27-40)54-33-41-28-20-13-21-29-41/h10-29,35-37,42-46H,30-34H2,1-9H3/t42-,43-,44+,45-,46+/m1/s1. The Kier molecular flexibility index (Phi) is 17.5. The normalized spacial score (nSPS) is 20.2. The fraction of sp³-hybridized carbons (Fsp3) is 0.479. The molecule has 0 aliphatic carbocycles. The van der Waals surface area contributed by atoms with Crippen LogP contribution in [0.4, 0.5) is 0 Å². The first-order valence-corrected chi connectivity index (χ1v) is 24.7. The maximum Gasteiger partial charge on any atom is 0.477 e. The van der Waals surface area contributed by atoms with Crippen LogP contribution in [0.15, 0.2) is 121 Å². The Labute approximate surface area is 358 Å². The summed E-state index contributed by atoms with van der Waals surface area (Å²) in [6, 6.07) is 38.2. The first kappa shape index (κ1) is 47.6. The van der Waals surface area contributed by atoms with E-state index >= 15 is 4.57 Å². The zero-order valence-electron chi connectivity index (χ0n) is 36.7. The van der Waals surface area contributed by atoms with Gasteiger partial charge in [0.05, 0.1) is 38.4 Å². The van der Waals surface area contributed by atoms with Crippen molar-refractivity contribution in [3.63, 3.8) is 0 Å². The van der Waals surface area contributed by atoms with E-state index in [1.807, 2.05) is 121 Å². The van der Waals surface area contributed by atoms with Gasteiger partial charge in [0.15, 0.2) is 14.4 Å². The monoisotopic (exact) mass is 860 g/mol. The van der Waals surface area contributed by atoms with Crippen molar-refractivity contribution in [3.8, 4) is 0 Å². The van der Waals surface area contributed by atoms with Crippen LogP contribution in [0.5, 0.6) is 0 Å². The Hall–Kier alpha value is -3.48. The number of carbonyl (C=O) groups is 1. The minimum atomic E-state index is -4.50. The van der Waals surface area contributed by atoms with Gasteiger partial charge in [0, 0.05) is 0 Å². The van der Waals surface area contributed by atoms with Gasteiger partial charge in [-0.25, -0.2) is 4.57 Å². The van der Waals surface area contributed by atoms with E-state index in [1.54, 1.807) is 20.8 Å². The third kappa shape index (κ3) is 13.0. The minimum Gasteiger partial charge on any atom is -0.454 e. The van der Waals surface area contributed by atoms with Crippen LogP contribution in [-0.4, -0.2) is 51.6 Å². The zero-order valence-corrected chi connectivity index (χ0v) is 38.6. The van der Waals surface area contributed by atoms with Gasteiger partial charge in [0.25, 0.3) is 0 Å². The molecule has 4 aromatic rings. The molecule has 5 atom stereocenters. The highest BCUT2D eigenvalue weighted by Gasteiger charge is 2.55. The Morgan fingerprint density at radius 3 is 1.37 bits per heavy atom. The first-order valence-electron chi connectivity index (χ1n) is 21.1. The van der Waals surface area contributed by atoms with Crippen molar-refractivity contribution in [2.24, 2.45) is 5.41 Å². The Morgan fingerprint density at radius 2 is 0.983 bits per heavy atom. The van der Waals surface area contributed by atoms with Gasteiger partial charge in [-0.15, -0.1) is 0 Å². The number of ether oxygens (including phenoxy) is 4. The molecule has 4 aromatic carbocycles. The van der Waals surface area contributed by atoms with Crippen LogP contribution in [0.25, 0.3) is 0 Å². The van der Waals surface area contributed by atoms with E-state index < -0.39 is 58.2 Å². The average Bonchev–Trinajstić information content (AvgIpc) is 3.23. The molecule has 0 bridgehead atoms. The molecule has 0 radical (unpaired) electrons. The predicted octanol–water partition coefficient (Wildman–Crippen LogP) is 11.6. The minimum absolute atomic E-state index is 0.0827. The second-order valence-electron chi connectivity index (χ2n) is 17.4. The van der Waals surface area contributed by atoms with Crippen molar-refractivity contribution >= 4 is 22.1 Å². The summed E-state index contributed by atoms with van der Waals surface area (Å²) in [5, 5.41) is 0. The highest BCUT2D eigenvalue weighted by atomic mass is 31.2. The quantitative estimate of drug-likeness (QED) is 0.0456. The summed E-state index contributed by atoms with van der Waals surface area (Å²) in [5.74, 6) is -0.536. The van der Waals surface area contributed by atoms with Gasteiger partial charge < -0.3 is 23.4 Å². The van der Waals surface area contributed by atoms with Gasteiger partial charge in [-0.05, 0) is 59.6 Å². The summed E-state index contributed by atoms with van der Waals surface area (Å²) in [4.78, 5) is 14.0. The molecule has 12 heteroatoms. The van der Waals surface area contributed by atoms with E-state index in [-0.39, 0.29) is 49.7 Å². The van der Waals surface area contributed by atoms with Gasteiger partial charge in [-0.3, -0.25) is 18.4 Å². The smallest absolute Gasteiger partial charge is 0.454 e. The van der Waals surface area contributed by atoms with Crippen LogP contribution < -0.4 is 0 Å². The fourth-order valence-electron chi connectivity index (χ4n) is 7.86. The van der Waals surface area contributed by atoms with E-state index in [1.165, 1.54) is 0 Å². The van der Waals surface area contributed by atoms with Crippen LogP contribution in [0.1, 0.15) is 84.6 Å². The molecule has 60 heavy (non-hydrogen) atoms. The number of benzene rings is 4. The third-order valence-electron chi connectivity index (χ3n) is 10.9. The van der Waals surface area contributed by atoms with E-state index in [0.717, 1.165) is 22.3 Å².